The summed E-state index contributed by atoms with van der Waals surface area (Å²) in [6.07, 6.45) is 6.98. The molecular weight excluding hydrogens is 140 g/mol. The molecule has 2 heteroatoms. The summed E-state index contributed by atoms with van der Waals surface area (Å²) >= 11 is 0. The SMILES string of the molecule is C1CC[C@@H]2OC[C@@H]3O[C@H]3[C@H]2C1. The van der Waals surface area contributed by atoms with Gasteiger partial charge in [0.15, 0.2) is 0 Å². The zero-order chi connectivity index (χ0) is 7.26. The van der Waals surface area contributed by atoms with E-state index in [9.17, 15) is 0 Å². The molecule has 0 N–H and O–H groups in total. The van der Waals surface area contributed by atoms with Gasteiger partial charge in [-0.3, -0.25) is 0 Å². The molecule has 2 heterocycles. The largest absolute Gasteiger partial charge is 0.375 e. The summed E-state index contributed by atoms with van der Waals surface area (Å²) in [7, 11) is 0. The van der Waals surface area contributed by atoms with Crippen LogP contribution in [0.25, 0.3) is 0 Å². The van der Waals surface area contributed by atoms with Crippen molar-refractivity contribution in [1.82, 2.24) is 0 Å². The van der Waals surface area contributed by atoms with Gasteiger partial charge in [0.25, 0.3) is 0 Å². The molecule has 0 aromatic carbocycles. The standard InChI is InChI=1S/C9H14O2/c1-2-4-7-6(3-1)9-8(11-9)5-10-7/h6-9H,1-5H2/t6-,7-,8-,9-/m0/s1. The molecule has 2 nitrogen and oxygen atoms in total. The Morgan fingerprint density at radius 3 is 2.91 bits per heavy atom. The Kier molecular flexibility index (Phi) is 1.29. The molecule has 0 bridgehead atoms. The molecule has 3 fully saturated rings. The van der Waals surface area contributed by atoms with Gasteiger partial charge in [-0.1, -0.05) is 12.8 Å². The van der Waals surface area contributed by atoms with E-state index in [1.54, 1.807) is 0 Å². The van der Waals surface area contributed by atoms with Crippen LogP contribution in [0.2, 0.25) is 0 Å². The maximum Gasteiger partial charge on any atom is 0.108 e. The van der Waals surface area contributed by atoms with Gasteiger partial charge in [-0.25, -0.2) is 0 Å². The Hall–Kier alpha value is -0.0800. The summed E-state index contributed by atoms with van der Waals surface area (Å²) in [6, 6.07) is 0. The summed E-state index contributed by atoms with van der Waals surface area (Å²) in [5.41, 5.74) is 0. The van der Waals surface area contributed by atoms with E-state index in [-0.39, 0.29) is 0 Å². The minimum atomic E-state index is 0.481. The average Bonchev–Trinajstić information content (AvgIpc) is 2.83. The second kappa shape index (κ2) is 2.20. The molecule has 11 heavy (non-hydrogen) atoms. The number of epoxide rings is 1. The van der Waals surface area contributed by atoms with Gasteiger partial charge in [-0.2, -0.15) is 0 Å². The zero-order valence-corrected chi connectivity index (χ0v) is 6.66. The quantitative estimate of drug-likeness (QED) is 0.491. The molecule has 0 amide bonds. The van der Waals surface area contributed by atoms with E-state index in [2.05, 4.69) is 0 Å². The molecule has 3 rings (SSSR count). The van der Waals surface area contributed by atoms with Gasteiger partial charge in [0, 0.05) is 5.92 Å². The van der Waals surface area contributed by atoms with Crippen molar-refractivity contribution in [2.45, 2.75) is 44.0 Å². The van der Waals surface area contributed by atoms with E-state index in [0.29, 0.717) is 18.3 Å². The van der Waals surface area contributed by atoms with E-state index in [0.717, 1.165) is 12.5 Å². The van der Waals surface area contributed by atoms with Crippen LogP contribution >= 0.6 is 0 Å². The van der Waals surface area contributed by atoms with E-state index in [1.807, 2.05) is 0 Å². The predicted molar refractivity (Wildman–Crippen MR) is 40.4 cm³/mol. The molecule has 62 valence electrons. The number of ether oxygens (including phenoxy) is 2. The Balaban J connectivity index is 1.76. The van der Waals surface area contributed by atoms with Crippen molar-refractivity contribution in [3.05, 3.63) is 0 Å². The molecular formula is C9H14O2. The van der Waals surface area contributed by atoms with Gasteiger partial charge >= 0.3 is 0 Å². The Labute approximate surface area is 66.9 Å². The van der Waals surface area contributed by atoms with E-state index < -0.39 is 0 Å². The average molecular weight is 154 g/mol. The van der Waals surface area contributed by atoms with Gasteiger partial charge in [-0.15, -0.1) is 0 Å². The Morgan fingerprint density at radius 2 is 1.91 bits per heavy atom. The molecule has 0 radical (unpaired) electrons. The molecule has 2 saturated heterocycles. The third-order valence-electron chi connectivity index (χ3n) is 3.27. The van der Waals surface area contributed by atoms with Crippen molar-refractivity contribution >= 4 is 0 Å². The lowest BCUT2D eigenvalue weighted by Crippen LogP contribution is -2.37. The molecule has 1 aliphatic carbocycles. The molecule has 3 aliphatic rings. The summed E-state index contributed by atoms with van der Waals surface area (Å²) in [5, 5.41) is 0. The number of rotatable bonds is 0. The van der Waals surface area contributed by atoms with Gasteiger partial charge in [-0.05, 0) is 12.8 Å². The van der Waals surface area contributed by atoms with Gasteiger partial charge in [0.1, 0.15) is 6.10 Å². The third-order valence-corrected chi connectivity index (χ3v) is 3.27. The van der Waals surface area contributed by atoms with Crippen molar-refractivity contribution in [1.29, 1.82) is 0 Å². The fraction of sp³-hybridized carbons (Fsp3) is 1.00. The van der Waals surface area contributed by atoms with Crippen molar-refractivity contribution < 1.29 is 9.47 Å². The molecule has 0 aromatic heterocycles. The number of hydrogen-bond acceptors (Lipinski definition) is 2. The van der Waals surface area contributed by atoms with Crippen LogP contribution in [0.5, 0.6) is 0 Å². The fourth-order valence-electron chi connectivity index (χ4n) is 2.59. The first-order valence-electron chi connectivity index (χ1n) is 4.72. The lowest BCUT2D eigenvalue weighted by molar-refractivity contribution is -0.0305. The summed E-state index contributed by atoms with van der Waals surface area (Å²) < 4.78 is 11.2. The fourth-order valence-corrected chi connectivity index (χ4v) is 2.59. The molecule has 0 spiro atoms. The highest BCUT2D eigenvalue weighted by Gasteiger charge is 2.52. The second-order valence-corrected chi connectivity index (χ2v) is 3.96. The van der Waals surface area contributed by atoms with Crippen LogP contribution in [-0.4, -0.2) is 24.9 Å². The first-order chi connectivity index (χ1) is 5.45. The second-order valence-electron chi connectivity index (χ2n) is 3.96. The van der Waals surface area contributed by atoms with E-state index >= 15 is 0 Å². The molecule has 0 aromatic rings. The lowest BCUT2D eigenvalue weighted by Gasteiger charge is -2.32. The number of fused-ring (bicyclic) bond motifs is 3. The van der Waals surface area contributed by atoms with Gasteiger partial charge < -0.3 is 9.47 Å². The minimum Gasteiger partial charge on any atom is -0.375 e. The summed E-state index contributed by atoms with van der Waals surface area (Å²) in [4.78, 5) is 0. The highest BCUT2D eigenvalue weighted by atomic mass is 16.6. The zero-order valence-electron chi connectivity index (χ0n) is 6.66. The Bertz CT molecular complexity index is 169. The van der Waals surface area contributed by atoms with Crippen LogP contribution in [0, 0.1) is 5.92 Å². The monoisotopic (exact) mass is 154 g/mol. The van der Waals surface area contributed by atoms with Gasteiger partial charge in [0.05, 0.1) is 18.8 Å². The van der Waals surface area contributed by atoms with Crippen molar-refractivity contribution in [3.63, 3.8) is 0 Å². The lowest BCUT2D eigenvalue weighted by atomic mass is 9.82. The number of hydrogen-bond donors (Lipinski definition) is 0. The van der Waals surface area contributed by atoms with Crippen LogP contribution < -0.4 is 0 Å². The van der Waals surface area contributed by atoms with Crippen LogP contribution in [0.15, 0.2) is 0 Å². The molecule has 2 aliphatic heterocycles. The van der Waals surface area contributed by atoms with Gasteiger partial charge in [0.2, 0.25) is 0 Å². The molecule has 1 saturated carbocycles. The maximum absolute atomic E-state index is 5.71. The smallest absolute Gasteiger partial charge is 0.108 e. The third kappa shape index (κ3) is 0.926. The summed E-state index contributed by atoms with van der Waals surface area (Å²) in [6.45, 7) is 0.867. The first-order valence-corrected chi connectivity index (χ1v) is 4.72. The topological polar surface area (TPSA) is 21.8 Å². The van der Waals surface area contributed by atoms with Crippen molar-refractivity contribution in [2.24, 2.45) is 5.92 Å². The van der Waals surface area contributed by atoms with Crippen LogP contribution in [0.4, 0.5) is 0 Å². The normalized spacial score (nSPS) is 54.5. The molecule has 4 atom stereocenters. The van der Waals surface area contributed by atoms with Crippen LogP contribution in [0.3, 0.4) is 0 Å². The van der Waals surface area contributed by atoms with Crippen LogP contribution in [0.1, 0.15) is 25.7 Å². The van der Waals surface area contributed by atoms with E-state index in [4.69, 9.17) is 9.47 Å². The highest BCUT2D eigenvalue weighted by Crippen LogP contribution is 2.43. The van der Waals surface area contributed by atoms with Crippen molar-refractivity contribution in [3.8, 4) is 0 Å². The molecule has 0 unspecified atom stereocenters. The highest BCUT2D eigenvalue weighted by molar-refractivity contribution is 4.98. The predicted octanol–water partition coefficient (Wildman–Crippen LogP) is 1.34. The van der Waals surface area contributed by atoms with Crippen LogP contribution in [-0.2, 0) is 9.47 Å². The minimum absolute atomic E-state index is 0.481. The maximum atomic E-state index is 5.71. The van der Waals surface area contributed by atoms with E-state index in [1.165, 1.54) is 25.7 Å². The summed E-state index contributed by atoms with van der Waals surface area (Å²) in [5.74, 6) is 0.752. The Morgan fingerprint density at radius 1 is 1.00 bits per heavy atom. The first kappa shape index (κ1) is 6.44. The van der Waals surface area contributed by atoms with Crippen molar-refractivity contribution in [2.75, 3.05) is 6.61 Å².